The molecule has 1 heterocycles. The number of nitriles is 1. The number of nitrogens with one attached hydrogen (secondary N) is 1. The SMILES string of the molecule is CCCCNC(=O)/C(C#N)=c1\s/c(=C\c2cccc(C)c2)c(=O)n1-c1ccc(C)cc1C. The van der Waals surface area contributed by atoms with E-state index in [0.29, 0.717) is 21.4 Å². The number of hydrogen-bond acceptors (Lipinski definition) is 4. The number of rotatable bonds is 6. The average Bonchev–Trinajstić information content (AvgIpc) is 3.04. The molecule has 0 atom stereocenters. The summed E-state index contributed by atoms with van der Waals surface area (Å²) in [5.41, 5.74) is 4.34. The molecule has 0 saturated heterocycles. The van der Waals surface area contributed by atoms with Gasteiger partial charge in [0.15, 0.2) is 5.57 Å². The second-order valence-corrected chi connectivity index (χ2v) is 8.89. The highest BCUT2D eigenvalue weighted by Crippen LogP contribution is 2.13. The summed E-state index contributed by atoms with van der Waals surface area (Å²) in [7, 11) is 0. The van der Waals surface area contributed by atoms with Gasteiger partial charge in [0.25, 0.3) is 11.5 Å². The summed E-state index contributed by atoms with van der Waals surface area (Å²) < 4.78 is 2.32. The fraction of sp³-hybridized carbons (Fsp3) is 0.269. The van der Waals surface area contributed by atoms with Crippen LogP contribution in [0.1, 0.15) is 42.0 Å². The molecule has 1 N–H and O–H groups in total. The number of carbonyl (C=O) groups is 1. The van der Waals surface area contributed by atoms with E-state index in [1.807, 2.05) is 82.3 Å². The Balaban J connectivity index is 2.33. The fourth-order valence-corrected chi connectivity index (χ4v) is 4.59. The first-order valence-corrected chi connectivity index (χ1v) is 11.5. The summed E-state index contributed by atoms with van der Waals surface area (Å²) >= 11 is 1.17. The van der Waals surface area contributed by atoms with Gasteiger partial charge in [0.1, 0.15) is 10.7 Å². The van der Waals surface area contributed by atoms with Gasteiger partial charge in [0.05, 0.1) is 10.2 Å². The fourth-order valence-electron chi connectivity index (χ4n) is 3.50. The van der Waals surface area contributed by atoms with Crippen LogP contribution >= 0.6 is 11.3 Å². The van der Waals surface area contributed by atoms with Crippen LogP contribution in [0.2, 0.25) is 0 Å². The molecular weight excluding hydrogens is 418 g/mol. The maximum absolute atomic E-state index is 13.5. The predicted octanol–water partition coefficient (Wildman–Crippen LogP) is 3.24. The molecule has 3 rings (SSSR count). The second kappa shape index (κ2) is 10.3. The Kier molecular flexibility index (Phi) is 7.45. The summed E-state index contributed by atoms with van der Waals surface area (Å²) in [4.78, 5) is 26.3. The Morgan fingerprint density at radius 2 is 1.91 bits per heavy atom. The zero-order valence-corrected chi connectivity index (χ0v) is 19.7. The molecule has 1 amide bonds. The van der Waals surface area contributed by atoms with Gasteiger partial charge in [-0.1, -0.05) is 60.9 Å². The third-order valence-corrected chi connectivity index (χ3v) is 6.22. The summed E-state index contributed by atoms with van der Waals surface area (Å²) in [6.07, 6.45) is 3.57. The molecule has 0 saturated carbocycles. The standard InChI is InChI=1S/C26H27N3O2S/c1-5-6-12-28-24(30)21(16-27)26-29(22-11-10-18(3)13-19(22)4)25(31)23(32-26)15-20-9-7-8-17(2)14-20/h7-11,13-15H,5-6,12H2,1-4H3,(H,28,30)/b23-15-,26-21-. The van der Waals surface area contributed by atoms with Crippen molar-refractivity contribution >= 4 is 28.9 Å². The predicted molar refractivity (Wildman–Crippen MR) is 130 cm³/mol. The normalized spacial score (nSPS) is 12.4. The largest absolute Gasteiger partial charge is 0.351 e. The number of carbonyl (C=O) groups excluding carboxylic acids is 1. The Labute approximate surface area is 192 Å². The van der Waals surface area contributed by atoms with E-state index in [1.165, 1.54) is 15.9 Å². The lowest BCUT2D eigenvalue weighted by atomic mass is 10.1. The Bertz CT molecular complexity index is 1370. The summed E-state index contributed by atoms with van der Waals surface area (Å²) in [6.45, 7) is 8.42. The zero-order chi connectivity index (χ0) is 23.3. The molecule has 0 radical (unpaired) electrons. The van der Waals surface area contributed by atoms with Gasteiger partial charge in [-0.3, -0.25) is 14.2 Å². The third kappa shape index (κ3) is 5.06. The molecule has 1 aromatic heterocycles. The van der Waals surface area contributed by atoms with Crippen molar-refractivity contribution in [2.45, 2.75) is 40.5 Å². The van der Waals surface area contributed by atoms with Crippen molar-refractivity contribution in [2.24, 2.45) is 0 Å². The highest BCUT2D eigenvalue weighted by molar-refractivity contribution is 7.07. The number of amides is 1. The van der Waals surface area contributed by atoms with Crippen LogP contribution in [0.15, 0.2) is 47.3 Å². The van der Waals surface area contributed by atoms with Gasteiger partial charge in [-0.05, 0) is 50.5 Å². The lowest BCUT2D eigenvalue weighted by Crippen LogP contribution is -2.34. The summed E-state index contributed by atoms with van der Waals surface area (Å²) in [6, 6.07) is 15.7. The monoisotopic (exact) mass is 445 g/mol. The highest BCUT2D eigenvalue weighted by Gasteiger charge is 2.17. The highest BCUT2D eigenvalue weighted by atomic mass is 32.1. The first kappa shape index (κ1) is 23.2. The van der Waals surface area contributed by atoms with Gasteiger partial charge in [-0.2, -0.15) is 5.26 Å². The molecule has 3 aromatic rings. The first-order chi connectivity index (χ1) is 15.3. The lowest BCUT2D eigenvalue weighted by molar-refractivity contribution is -0.115. The van der Waals surface area contributed by atoms with Gasteiger partial charge >= 0.3 is 0 Å². The second-order valence-electron chi connectivity index (χ2n) is 7.86. The van der Waals surface area contributed by atoms with Gasteiger partial charge < -0.3 is 5.32 Å². The first-order valence-electron chi connectivity index (χ1n) is 10.7. The molecule has 0 spiro atoms. The zero-order valence-electron chi connectivity index (χ0n) is 18.9. The topological polar surface area (TPSA) is 74.9 Å². The van der Waals surface area contributed by atoms with Crippen LogP contribution in [-0.2, 0) is 4.79 Å². The Morgan fingerprint density at radius 3 is 2.56 bits per heavy atom. The number of thiazole rings is 1. The van der Waals surface area contributed by atoms with E-state index in [9.17, 15) is 14.9 Å². The van der Waals surface area contributed by atoms with Crippen LogP contribution < -0.4 is 20.1 Å². The number of nitrogens with zero attached hydrogens (tertiary/aromatic N) is 2. The minimum absolute atomic E-state index is 0.0490. The van der Waals surface area contributed by atoms with Gasteiger partial charge in [-0.25, -0.2) is 0 Å². The van der Waals surface area contributed by atoms with E-state index >= 15 is 0 Å². The van der Waals surface area contributed by atoms with Crippen molar-refractivity contribution < 1.29 is 4.79 Å². The molecule has 0 unspecified atom stereocenters. The average molecular weight is 446 g/mol. The van der Waals surface area contributed by atoms with E-state index in [-0.39, 0.29) is 11.1 Å². The van der Waals surface area contributed by atoms with E-state index in [4.69, 9.17) is 0 Å². The van der Waals surface area contributed by atoms with E-state index < -0.39 is 5.91 Å². The molecule has 0 aliphatic carbocycles. The molecular formula is C26H27N3O2S. The molecule has 2 aromatic carbocycles. The number of aromatic nitrogens is 1. The van der Waals surface area contributed by atoms with E-state index in [0.717, 1.165) is 35.1 Å². The van der Waals surface area contributed by atoms with Gasteiger partial charge in [0, 0.05) is 6.54 Å². The molecule has 5 nitrogen and oxygen atoms in total. The van der Waals surface area contributed by atoms with Crippen LogP contribution in [0.25, 0.3) is 17.3 Å². The maximum atomic E-state index is 13.5. The molecule has 0 fully saturated rings. The van der Waals surface area contributed by atoms with Gasteiger partial charge in [0.2, 0.25) is 0 Å². The minimum Gasteiger partial charge on any atom is -0.351 e. The minimum atomic E-state index is -0.456. The molecule has 0 bridgehead atoms. The number of aryl methyl sites for hydroxylation is 3. The van der Waals surface area contributed by atoms with Crippen molar-refractivity contribution in [1.29, 1.82) is 5.26 Å². The summed E-state index contributed by atoms with van der Waals surface area (Å²) in [5, 5.41) is 12.7. The number of hydrogen-bond donors (Lipinski definition) is 1. The van der Waals surface area contributed by atoms with E-state index in [1.54, 1.807) is 0 Å². The van der Waals surface area contributed by atoms with Crippen LogP contribution in [0.3, 0.4) is 0 Å². The van der Waals surface area contributed by atoms with Crippen molar-refractivity contribution in [1.82, 2.24) is 9.88 Å². The van der Waals surface area contributed by atoms with Crippen LogP contribution in [0.4, 0.5) is 0 Å². The van der Waals surface area contributed by atoms with E-state index in [2.05, 4.69) is 5.32 Å². The third-order valence-electron chi connectivity index (χ3n) is 5.13. The molecule has 0 aliphatic rings. The maximum Gasteiger partial charge on any atom is 0.273 e. The lowest BCUT2D eigenvalue weighted by Gasteiger charge is -2.09. The molecule has 0 aliphatic heterocycles. The van der Waals surface area contributed by atoms with Crippen LogP contribution in [0, 0.1) is 32.1 Å². The quantitative estimate of drug-likeness (QED) is 0.592. The Morgan fingerprint density at radius 1 is 1.16 bits per heavy atom. The van der Waals surface area contributed by atoms with Crippen molar-refractivity contribution in [3.8, 4) is 11.8 Å². The van der Waals surface area contributed by atoms with Crippen LogP contribution in [-0.4, -0.2) is 17.0 Å². The number of benzene rings is 2. The molecule has 6 heteroatoms. The van der Waals surface area contributed by atoms with Crippen molar-refractivity contribution in [2.75, 3.05) is 6.54 Å². The van der Waals surface area contributed by atoms with Crippen LogP contribution in [0.5, 0.6) is 0 Å². The van der Waals surface area contributed by atoms with Gasteiger partial charge in [-0.15, -0.1) is 11.3 Å². The number of unbranched alkanes of at least 4 members (excludes halogenated alkanes) is 1. The smallest absolute Gasteiger partial charge is 0.273 e. The van der Waals surface area contributed by atoms with Crippen molar-refractivity contribution in [3.05, 3.63) is 84.3 Å². The summed E-state index contributed by atoms with van der Waals surface area (Å²) in [5.74, 6) is -0.456. The molecule has 164 valence electrons. The Hall–Kier alpha value is -3.43. The van der Waals surface area contributed by atoms with Crippen molar-refractivity contribution in [3.63, 3.8) is 0 Å². The molecule has 32 heavy (non-hydrogen) atoms.